The summed E-state index contributed by atoms with van der Waals surface area (Å²) in [7, 11) is 0. The fourth-order valence-electron chi connectivity index (χ4n) is 1.84. The molecule has 1 heterocycles. The molecule has 0 saturated heterocycles. The van der Waals surface area contributed by atoms with E-state index in [0.29, 0.717) is 6.04 Å². The highest BCUT2D eigenvalue weighted by molar-refractivity contribution is 7.11. The summed E-state index contributed by atoms with van der Waals surface area (Å²) in [5.41, 5.74) is 0. The van der Waals surface area contributed by atoms with Gasteiger partial charge in [0.05, 0.1) is 5.01 Å². The Balaban J connectivity index is 2.19. The standard InChI is InChI=1S/C13H24N2S/c1-5-12-9-15-13(16-12)6-7-14-11(4)8-10(2)3/h9-11,14H,5-8H2,1-4H3. The van der Waals surface area contributed by atoms with Gasteiger partial charge in [0.25, 0.3) is 0 Å². The third-order valence-electron chi connectivity index (χ3n) is 2.61. The Morgan fingerprint density at radius 2 is 2.12 bits per heavy atom. The number of rotatable bonds is 7. The van der Waals surface area contributed by atoms with Gasteiger partial charge in [-0.25, -0.2) is 4.98 Å². The Morgan fingerprint density at radius 1 is 1.38 bits per heavy atom. The van der Waals surface area contributed by atoms with Crippen molar-refractivity contribution in [2.24, 2.45) is 5.92 Å². The van der Waals surface area contributed by atoms with Gasteiger partial charge < -0.3 is 5.32 Å². The zero-order valence-corrected chi connectivity index (χ0v) is 11.7. The van der Waals surface area contributed by atoms with Gasteiger partial charge in [-0.05, 0) is 25.7 Å². The van der Waals surface area contributed by atoms with E-state index in [1.807, 2.05) is 17.5 Å². The summed E-state index contributed by atoms with van der Waals surface area (Å²) in [4.78, 5) is 5.82. The van der Waals surface area contributed by atoms with Crippen LogP contribution in [0.1, 0.15) is 44.0 Å². The second-order valence-corrected chi connectivity index (χ2v) is 6.01. The van der Waals surface area contributed by atoms with Crippen LogP contribution in [0.15, 0.2) is 6.20 Å². The third kappa shape index (κ3) is 5.08. The quantitative estimate of drug-likeness (QED) is 0.791. The molecular weight excluding hydrogens is 216 g/mol. The van der Waals surface area contributed by atoms with Crippen molar-refractivity contribution in [2.75, 3.05) is 6.54 Å². The third-order valence-corrected chi connectivity index (χ3v) is 3.81. The Bertz CT molecular complexity index is 294. The van der Waals surface area contributed by atoms with Crippen LogP contribution in [-0.2, 0) is 12.8 Å². The summed E-state index contributed by atoms with van der Waals surface area (Å²) >= 11 is 1.85. The molecule has 1 atom stereocenters. The zero-order chi connectivity index (χ0) is 12.0. The first-order valence-electron chi connectivity index (χ1n) is 6.28. The maximum Gasteiger partial charge on any atom is 0.0940 e. The zero-order valence-electron chi connectivity index (χ0n) is 10.9. The van der Waals surface area contributed by atoms with Gasteiger partial charge >= 0.3 is 0 Å². The van der Waals surface area contributed by atoms with Gasteiger partial charge in [0.1, 0.15) is 0 Å². The predicted octanol–water partition coefficient (Wildman–Crippen LogP) is 3.27. The molecule has 0 bridgehead atoms. The minimum atomic E-state index is 0.616. The van der Waals surface area contributed by atoms with Gasteiger partial charge in [-0.2, -0.15) is 0 Å². The molecule has 3 heteroatoms. The van der Waals surface area contributed by atoms with Crippen molar-refractivity contribution in [2.45, 2.75) is 53.0 Å². The van der Waals surface area contributed by atoms with Crippen molar-refractivity contribution in [1.29, 1.82) is 0 Å². The van der Waals surface area contributed by atoms with E-state index in [2.05, 4.69) is 38.0 Å². The van der Waals surface area contributed by atoms with Crippen LogP contribution in [0, 0.1) is 5.92 Å². The lowest BCUT2D eigenvalue weighted by Crippen LogP contribution is -2.29. The molecule has 0 aliphatic carbocycles. The number of thiazole rings is 1. The Morgan fingerprint density at radius 3 is 2.69 bits per heavy atom. The molecule has 1 aromatic rings. The van der Waals surface area contributed by atoms with Crippen LogP contribution in [0.4, 0.5) is 0 Å². The summed E-state index contributed by atoms with van der Waals surface area (Å²) in [6.07, 6.45) is 5.43. The summed E-state index contributed by atoms with van der Waals surface area (Å²) in [5, 5.41) is 4.82. The second kappa shape index (κ2) is 7.02. The molecule has 0 aromatic carbocycles. The molecule has 0 radical (unpaired) electrons. The molecule has 0 aliphatic rings. The molecule has 1 aromatic heterocycles. The van der Waals surface area contributed by atoms with Gasteiger partial charge in [-0.15, -0.1) is 11.3 Å². The Hall–Kier alpha value is -0.410. The first-order chi connectivity index (χ1) is 7.61. The van der Waals surface area contributed by atoms with Gasteiger partial charge in [-0.1, -0.05) is 20.8 Å². The van der Waals surface area contributed by atoms with Crippen LogP contribution < -0.4 is 5.32 Å². The van der Waals surface area contributed by atoms with Crippen LogP contribution in [0.5, 0.6) is 0 Å². The van der Waals surface area contributed by atoms with Crippen molar-refractivity contribution in [3.05, 3.63) is 16.1 Å². The van der Waals surface area contributed by atoms with Crippen molar-refractivity contribution < 1.29 is 0 Å². The van der Waals surface area contributed by atoms with Gasteiger partial charge in [0, 0.05) is 30.1 Å². The minimum Gasteiger partial charge on any atom is -0.314 e. The largest absolute Gasteiger partial charge is 0.314 e. The van der Waals surface area contributed by atoms with Crippen LogP contribution in [0.2, 0.25) is 0 Å². The average Bonchev–Trinajstić information content (AvgIpc) is 2.64. The van der Waals surface area contributed by atoms with Gasteiger partial charge in [0.2, 0.25) is 0 Å². The minimum absolute atomic E-state index is 0.616. The highest BCUT2D eigenvalue weighted by atomic mass is 32.1. The molecule has 16 heavy (non-hydrogen) atoms. The van der Waals surface area contributed by atoms with Crippen LogP contribution in [-0.4, -0.2) is 17.6 Å². The summed E-state index contributed by atoms with van der Waals surface area (Å²) in [6.45, 7) is 10.0. The highest BCUT2D eigenvalue weighted by Crippen LogP contribution is 2.13. The maximum absolute atomic E-state index is 4.42. The van der Waals surface area contributed by atoms with E-state index in [-0.39, 0.29) is 0 Å². The SMILES string of the molecule is CCc1cnc(CCNC(C)CC(C)C)s1. The number of aryl methyl sites for hydroxylation is 1. The molecular formula is C13H24N2S. The lowest BCUT2D eigenvalue weighted by Gasteiger charge is -2.15. The molecule has 1 unspecified atom stereocenters. The van der Waals surface area contributed by atoms with Crippen LogP contribution >= 0.6 is 11.3 Å². The van der Waals surface area contributed by atoms with Gasteiger partial charge in [0.15, 0.2) is 0 Å². The lowest BCUT2D eigenvalue weighted by atomic mass is 10.1. The van der Waals surface area contributed by atoms with E-state index in [9.17, 15) is 0 Å². The first kappa shape index (κ1) is 13.7. The molecule has 1 N–H and O–H groups in total. The predicted molar refractivity (Wildman–Crippen MR) is 72.1 cm³/mol. The fourth-order valence-corrected chi connectivity index (χ4v) is 2.70. The smallest absolute Gasteiger partial charge is 0.0940 e. The van der Waals surface area contributed by atoms with Crippen LogP contribution in [0.25, 0.3) is 0 Å². The number of nitrogens with one attached hydrogen (secondary N) is 1. The van der Waals surface area contributed by atoms with E-state index in [4.69, 9.17) is 0 Å². The molecule has 0 spiro atoms. The van der Waals surface area contributed by atoms with E-state index in [0.717, 1.165) is 25.3 Å². The molecule has 0 saturated carbocycles. The van der Waals surface area contributed by atoms with Crippen molar-refractivity contribution in [3.8, 4) is 0 Å². The van der Waals surface area contributed by atoms with E-state index in [1.165, 1.54) is 16.3 Å². The van der Waals surface area contributed by atoms with Crippen molar-refractivity contribution >= 4 is 11.3 Å². The number of aromatic nitrogens is 1. The molecule has 0 aliphatic heterocycles. The first-order valence-corrected chi connectivity index (χ1v) is 7.10. The van der Waals surface area contributed by atoms with Crippen molar-refractivity contribution in [1.82, 2.24) is 10.3 Å². The summed E-state index contributed by atoms with van der Waals surface area (Å²) < 4.78 is 0. The number of nitrogens with zero attached hydrogens (tertiary/aromatic N) is 1. The monoisotopic (exact) mass is 240 g/mol. The molecule has 2 nitrogen and oxygen atoms in total. The highest BCUT2D eigenvalue weighted by Gasteiger charge is 2.05. The average molecular weight is 240 g/mol. The van der Waals surface area contributed by atoms with Gasteiger partial charge in [-0.3, -0.25) is 0 Å². The molecule has 0 amide bonds. The Kier molecular flexibility index (Phi) is 5.99. The maximum atomic E-state index is 4.42. The lowest BCUT2D eigenvalue weighted by molar-refractivity contribution is 0.444. The normalized spacial score (nSPS) is 13.3. The number of hydrogen-bond acceptors (Lipinski definition) is 3. The molecule has 92 valence electrons. The summed E-state index contributed by atoms with van der Waals surface area (Å²) in [6, 6.07) is 0.616. The number of hydrogen-bond donors (Lipinski definition) is 1. The second-order valence-electron chi connectivity index (χ2n) is 4.81. The van der Waals surface area contributed by atoms with E-state index in [1.54, 1.807) is 0 Å². The Labute approximate surface area is 103 Å². The fraction of sp³-hybridized carbons (Fsp3) is 0.769. The topological polar surface area (TPSA) is 24.9 Å². The molecule has 1 rings (SSSR count). The van der Waals surface area contributed by atoms with Crippen LogP contribution in [0.3, 0.4) is 0 Å². The van der Waals surface area contributed by atoms with E-state index >= 15 is 0 Å². The van der Waals surface area contributed by atoms with Crippen molar-refractivity contribution in [3.63, 3.8) is 0 Å². The summed E-state index contributed by atoms with van der Waals surface area (Å²) in [5.74, 6) is 0.772. The van der Waals surface area contributed by atoms with E-state index < -0.39 is 0 Å². The molecule has 0 fully saturated rings.